The van der Waals surface area contributed by atoms with Crippen molar-refractivity contribution in [3.8, 4) is 6.07 Å². The minimum absolute atomic E-state index is 0.00938. The van der Waals surface area contributed by atoms with Gasteiger partial charge in [0.25, 0.3) is 17.2 Å². The van der Waals surface area contributed by atoms with Gasteiger partial charge < -0.3 is 11.1 Å². The number of thiazole rings is 1. The van der Waals surface area contributed by atoms with E-state index in [9.17, 15) is 25.0 Å². The van der Waals surface area contributed by atoms with Crippen LogP contribution < -0.4 is 25.8 Å². The first-order valence-corrected chi connectivity index (χ1v) is 13.0. The zero-order valence-corrected chi connectivity index (χ0v) is 20.7. The molecule has 1 aliphatic rings. The molecule has 4 aromatic rings. The molecule has 4 heterocycles. The standard InChI is InChI=1S/C24H15N5O4S3/c25-12-16-19(17-4-2-10-35-17)20(22(30)27-13-5-7-14(8-6-13)29(32)33)24-28(21(16)26)23(31)18(36-24)11-15-3-1-9-34-15/h1-11,19H,26H2,(H,27,30)/b18-11+. The van der Waals surface area contributed by atoms with Crippen LogP contribution in [0.25, 0.3) is 17.5 Å². The number of hydrogen-bond acceptors (Lipinski definition) is 9. The van der Waals surface area contributed by atoms with E-state index in [2.05, 4.69) is 11.4 Å². The summed E-state index contributed by atoms with van der Waals surface area (Å²) in [6.45, 7) is 0. The van der Waals surface area contributed by atoms with Gasteiger partial charge in [0.05, 0.1) is 32.6 Å². The van der Waals surface area contributed by atoms with Crippen LogP contribution in [0, 0.1) is 21.4 Å². The average Bonchev–Trinajstić information content (AvgIpc) is 3.62. The molecule has 0 spiro atoms. The van der Waals surface area contributed by atoms with Crippen LogP contribution in [0.2, 0.25) is 0 Å². The number of carbonyl (C=O) groups excluding carboxylic acids is 1. The number of hydrogen-bond donors (Lipinski definition) is 2. The van der Waals surface area contributed by atoms with Gasteiger partial charge in [-0.2, -0.15) is 5.26 Å². The Kier molecular flexibility index (Phi) is 6.11. The zero-order chi connectivity index (χ0) is 25.4. The molecule has 5 rings (SSSR count). The minimum atomic E-state index is -0.777. The van der Waals surface area contributed by atoms with E-state index < -0.39 is 22.3 Å². The van der Waals surface area contributed by atoms with Crippen LogP contribution >= 0.6 is 34.0 Å². The van der Waals surface area contributed by atoms with Gasteiger partial charge in [0.1, 0.15) is 10.5 Å². The molecule has 0 fully saturated rings. The number of nitro groups is 1. The van der Waals surface area contributed by atoms with Crippen LogP contribution in [-0.4, -0.2) is 15.4 Å². The van der Waals surface area contributed by atoms with Gasteiger partial charge in [-0.25, -0.2) is 0 Å². The van der Waals surface area contributed by atoms with Gasteiger partial charge in [-0.1, -0.05) is 12.1 Å². The molecule has 36 heavy (non-hydrogen) atoms. The fourth-order valence-electron chi connectivity index (χ4n) is 3.88. The summed E-state index contributed by atoms with van der Waals surface area (Å²) >= 11 is 3.96. The molecule has 1 unspecified atom stereocenters. The quantitative estimate of drug-likeness (QED) is 0.298. The number of amides is 1. The summed E-state index contributed by atoms with van der Waals surface area (Å²) < 4.78 is 1.93. The highest BCUT2D eigenvalue weighted by atomic mass is 32.1. The molecule has 0 aliphatic carbocycles. The maximum Gasteiger partial charge on any atom is 0.274 e. The number of aromatic nitrogens is 1. The molecule has 9 nitrogen and oxygen atoms in total. The van der Waals surface area contributed by atoms with Crippen molar-refractivity contribution in [2.75, 3.05) is 5.32 Å². The van der Waals surface area contributed by atoms with Crippen molar-refractivity contribution in [2.24, 2.45) is 5.73 Å². The highest BCUT2D eigenvalue weighted by Crippen LogP contribution is 2.38. The molecule has 178 valence electrons. The number of nitrogens with zero attached hydrogens (tertiary/aromatic N) is 3. The van der Waals surface area contributed by atoms with Gasteiger partial charge in [-0.05, 0) is 41.1 Å². The Labute approximate surface area is 215 Å². The number of fused-ring (bicyclic) bond motifs is 1. The predicted octanol–water partition coefficient (Wildman–Crippen LogP) is 3.01. The van der Waals surface area contributed by atoms with E-state index >= 15 is 0 Å². The molecule has 3 aromatic heterocycles. The third-order valence-electron chi connectivity index (χ3n) is 5.49. The molecule has 1 aromatic carbocycles. The second-order valence-corrected chi connectivity index (χ2v) is 10.6. The first-order chi connectivity index (χ1) is 17.4. The van der Waals surface area contributed by atoms with E-state index in [4.69, 9.17) is 5.73 Å². The molecule has 1 amide bonds. The number of allylic oxidation sites excluding steroid dienone is 1. The van der Waals surface area contributed by atoms with E-state index in [0.29, 0.717) is 14.9 Å². The summed E-state index contributed by atoms with van der Waals surface area (Å²) in [6, 6.07) is 14.9. The van der Waals surface area contributed by atoms with E-state index in [-0.39, 0.29) is 22.7 Å². The lowest BCUT2D eigenvalue weighted by molar-refractivity contribution is -0.384. The lowest BCUT2D eigenvalue weighted by Crippen LogP contribution is -2.40. The molecular formula is C24H15N5O4S3. The normalized spacial score (nSPS) is 15.5. The zero-order valence-electron chi connectivity index (χ0n) is 18.2. The van der Waals surface area contributed by atoms with Crippen LogP contribution in [0.5, 0.6) is 0 Å². The highest BCUT2D eigenvalue weighted by Gasteiger charge is 2.36. The van der Waals surface area contributed by atoms with Gasteiger partial charge in [0.15, 0.2) is 0 Å². The summed E-state index contributed by atoms with van der Waals surface area (Å²) in [6.07, 6.45) is 1.73. The first kappa shape index (κ1) is 23.4. The smallest absolute Gasteiger partial charge is 0.274 e. The van der Waals surface area contributed by atoms with Crippen molar-refractivity contribution in [1.29, 1.82) is 5.26 Å². The molecule has 1 aliphatic heterocycles. The number of benzene rings is 1. The Morgan fingerprint density at radius 3 is 2.50 bits per heavy atom. The van der Waals surface area contributed by atoms with E-state index in [1.165, 1.54) is 51.5 Å². The van der Waals surface area contributed by atoms with Crippen molar-refractivity contribution in [3.05, 3.63) is 104 Å². The maximum absolute atomic E-state index is 13.7. The maximum atomic E-state index is 13.7. The lowest BCUT2D eigenvalue weighted by atomic mass is 9.88. The Hall–Kier alpha value is -4.31. The van der Waals surface area contributed by atoms with Crippen molar-refractivity contribution in [3.63, 3.8) is 0 Å². The van der Waals surface area contributed by atoms with E-state index in [0.717, 1.165) is 21.1 Å². The molecule has 0 saturated carbocycles. The number of nitrogens with two attached hydrogens (primary N) is 1. The Balaban J connectivity index is 1.74. The fourth-order valence-corrected chi connectivity index (χ4v) is 6.62. The number of rotatable bonds is 5. The van der Waals surface area contributed by atoms with Gasteiger partial charge in [-0.15, -0.1) is 34.0 Å². The van der Waals surface area contributed by atoms with Crippen LogP contribution in [-0.2, 0) is 4.79 Å². The summed E-state index contributed by atoms with van der Waals surface area (Å²) in [5, 5.41) is 27.5. The van der Waals surface area contributed by atoms with Crippen LogP contribution in [0.15, 0.2) is 69.7 Å². The Bertz CT molecular complexity index is 1740. The Morgan fingerprint density at radius 1 is 1.17 bits per heavy atom. The first-order valence-electron chi connectivity index (χ1n) is 10.4. The largest absolute Gasteiger partial charge is 0.384 e. The van der Waals surface area contributed by atoms with Crippen LogP contribution in [0.4, 0.5) is 11.4 Å². The summed E-state index contributed by atoms with van der Waals surface area (Å²) in [4.78, 5) is 39.1. The molecule has 1 atom stereocenters. The average molecular weight is 534 g/mol. The van der Waals surface area contributed by atoms with Gasteiger partial charge in [0, 0.05) is 27.6 Å². The minimum Gasteiger partial charge on any atom is -0.384 e. The number of carbonyl (C=O) groups is 1. The summed E-state index contributed by atoms with van der Waals surface area (Å²) in [7, 11) is 0. The number of non-ortho nitro benzene ring substituents is 1. The molecule has 3 N–H and O–H groups in total. The monoisotopic (exact) mass is 533 g/mol. The van der Waals surface area contributed by atoms with Crippen LogP contribution in [0.3, 0.4) is 0 Å². The number of nitriles is 1. The van der Waals surface area contributed by atoms with Crippen molar-refractivity contribution < 1.29 is 9.72 Å². The van der Waals surface area contributed by atoms with Crippen molar-refractivity contribution >= 4 is 68.8 Å². The van der Waals surface area contributed by atoms with Gasteiger partial charge in [-0.3, -0.25) is 24.3 Å². The topological polar surface area (TPSA) is 144 Å². The Morgan fingerprint density at radius 2 is 1.89 bits per heavy atom. The number of nitro benzene ring substituents is 1. The summed E-state index contributed by atoms with van der Waals surface area (Å²) in [5.41, 5.74) is 6.46. The van der Waals surface area contributed by atoms with E-state index in [1.807, 2.05) is 29.0 Å². The second-order valence-electron chi connectivity index (χ2n) is 7.60. The van der Waals surface area contributed by atoms with Gasteiger partial charge in [0.2, 0.25) is 0 Å². The molecular weight excluding hydrogens is 518 g/mol. The SMILES string of the molecule is N#CC1=C(N)n2c(s/c(=C/c3cccs3)c2=O)=C(C(=O)Nc2ccc([N+](=O)[O-])cc2)C1c1cccs1. The summed E-state index contributed by atoms with van der Waals surface area (Å²) in [5.74, 6) is -1.33. The number of nitrogens with one attached hydrogen (secondary N) is 1. The number of thiophene rings is 2. The van der Waals surface area contributed by atoms with Crippen molar-refractivity contribution in [2.45, 2.75) is 5.92 Å². The third-order valence-corrected chi connectivity index (χ3v) is 8.36. The molecule has 0 radical (unpaired) electrons. The van der Waals surface area contributed by atoms with Crippen molar-refractivity contribution in [1.82, 2.24) is 4.57 Å². The predicted molar refractivity (Wildman–Crippen MR) is 141 cm³/mol. The van der Waals surface area contributed by atoms with Crippen LogP contribution in [0.1, 0.15) is 15.7 Å². The lowest BCUT2D eigenvalue weighted by Gasteiger charge is -2.24. The molecule has 0 bridgehead atoms. The number of anilines is 1. The molecule has 12 heteroatoms. The fraction of sp³-hybridized carbons (Fsp3) is 0.0417. The molecule has 0 saturated heterocycles. The second kappa shape index (κ2) is 9.38. The highest BCUT2D eigenvalue weighted by molar-refractivity contribution is 7.11. The van der Waals surface area contributed by atoms with E-state index in [1.54, 1.807) is 12.1 Å². The third kappa shape index (κ3) is 4.05. The van der Waals surface area contributed by atoms with Gasteiger partial charge >= 0.3 is 0 Å².